The SMILES string of the molecule is CC1CC1CN(C)S(=O)(=O)c1c(NN)nc2ccccn12. The summed E-state index contributed by atoms with van der Waals surface area (Å²) in [5, 5.41) is 0.0800. The van der Waals surface area contributed by atoms with Crippen molar-refractivity contribution in [2.24, 2.45) is 17.7 Å². The number of nitrogens with zero attached hydrogens (tertiary/aromatic N) is 3. The largest absolute Gasteiger partial charge is 0.306 e. The number of nitrogen functional groups attached to an aromatic ring is 1. The van der Waals surface area contributed by atoms with Crippen molar-refractivity contribution >= 4 is 21.5 Å². The molecule has 0 spiro atoms. The van der Waals surface area contributed by atoms with Gasteiger partial charge in [0.05, 0.1) is 0 Å². The number of rotatable bonds is 5. The molecule has 2 aromatic heterocycles. The summed E-state index contributed by atoms with van der Waals surface area (Å²) < 4.78 is 28.6. The van der Waals surface area contributed by atoms with Crippen molar-refractivity contribution in [3.8, 4) is 0 Å². The Morgan fingerprint density at radius 3 is 2.86 bits per heavy atom. The molecule has 2 aromatic rings. The summed E-state index contributed by atoms with van der Waals surface area (Å²) in [4.78, 5) is 4.21. The van der Waals surface area contributed by atoms with E-state index in [1.165, 1.54) is 8.71 Å². The summed E-state index contributed by atoms with van der Waals surface area (Å²) >= 11 is 0. The molecule has 0 radical (unpaired) electrons. The minimum absolute atomic E-state index is 0.0800. The summed E-state index contributed by atoms with van der Waals surface area (Å²) in [7, 11) is -2.05. The molecule has 2 heterocycles. The van der Waals surface area contributed by atoms with E-state index in [9.17, 15) is 8.42 Å². The molecule has 0 amide bonds. The third-order valence-corrected chi connectivity index (χ3v) is 5.89. The van der Waals surface area contributed by atoms with Crippen molar-refractivity contribution in [3.63, 3.8) is 0 Å². The van der Waals surface area contributed by atoms with E-state index in [1.54, 1.807) is 31.4 Å². The number of hydrazine groups is 1. The third-order valence-electron chi connectivity index (χ3n) is 4.05. The molecule has 0 aliphatic heterocycles. The Hall–Kier alpha value is -1.64. The van der Waals surface area contributed by atoms with Gasteiger partial charge in [0.15, 0.2) is 5.82 Å². The molecule has 0 bridgehead atoms. The molecule has 1 fully saturated rings. The number of hydrogen-bond donors (Lipinski definition) is 2. The highest BCUT2D eigenvalue weighted by Gasteiger charge is 2.37. The van der Waals surface area contributed by atoms with Gasteiger partial charge in [0.1, 0.15) is 5.65 Å². The van der Waals surface area contributed by atoms with Crippen LogP contribution in [0, 0.1) is 11.8 Å². The minimum atomic E-state index is -3.65. The Bertz CT molecular complexity index is 770. The second-order valence-corrected chi connectivity index (χ2v) is 7.56. The van der Waals surface area contributed by atoms with Crippen molar-refractivity contribution in [3.05, 3.63) is 24.4 Å². The molecule has 0 saturated heterocycles. The number of aromatic nitrogens is 2. The fourth-order valence-corrected chi connectivity index (χ4v) is 3.98. The van der Waals surface area contributed by atoms with Gasteiger partial charge in [-0.2, -0.15) is 4.31 Å². The number of pyridine rings is 1. The molecule has 1 saturated carbocycles. The zero-order chi connectivity index (χ0) is 15.2. The third kappa shape index (κ3) is 2.39. The van der Waals surface area contributed by atoms with Crippen LogP contribution < -0.4 is 11.3 Å². The number of nitrogens with two attached hydrogens (primary N) is 1. The van der Waals surface area contributed by atoms with Crippen molar-refractivity contribution < 1.29 is 8.42 Å². The molecule has 2 atom stereocenters. The van der Waals surface area contributed by atoms with E-state index in [0.29, 0.717) is 24.0 Å². The standard InChI is InChI=1S/C13H19N5O2S/c1-9-7-10(9)8-17(2)21(19,20)13-12(16-14)15-11-5-3-4-6-18(11)13/h3-6,9-10,16H,7-8,14H2,1-2H3. The quantitative estimate of drug-likeness (QED) is 0.632. The van der Waals surface area contributed by atoms with Gasteiger partial charge < -0.3 is 5.43 Å². The number of anilines is 1. The Labute approximate surface area is 123 Å². The summed E-state index contributed by atoms with van der Waals surface area (Å²) in [6.07, 6.45) is 2.75. The topological polar surface area (TPSA) is 92.7 Å². The Morgan fingerprint density at radius 2 is 2.24 bits per heavy atom. The lowest BCUT2D eigenvalue weighted by Gasteiger charge is -2.17. The number of fused-ring (bicyclic) bond motifs is 1. The lowest BCUT2D eigenvalue weighted by Crippen LogP contribution is -2.31. The highest BCUT2D eigenvalue weighted by molar-refractivity contribution is 7.89. The summed E-state index contributed by atoms with van der Waals surface area (Å²) in [5.74, 6) is 6.64. The zero-order valence-electron chi connectivity index (χ0n) is 12.0. The van der Waals surface area contributed by atoms with Gasteiger partial charge >= 0.3 is 0 Å². The van der Waals surface area contributed by atoms with E-state index in [0.717, 1.165) is 6.42 Å². The van der Waals surface area contributed by atoms with E-state index < -0.39 is 10.0 Å². The number of sulfonamides is 1. The molecular formula is C13H19N5O2S. The number of nitrogens with one attached hydrogen (secondary N) is 1. The lowest BCUT2D eigenvalue weighted by atomic mass is 10.3. The number of imidazole rings is 1. The van der Waals surface area contributed by atoms with Crippen molar-refractivity contribution in [1.82, 2.24) is 13.7 Å². The molecule has 8 heteroatoms. The first-order chi connectivity index (χ1) is 9.95. The van der Waals surface area contributed by atoms with Crippen LogP contribution in [0.5, 0.6) is 0 Å². The van der Waals surface area contributed by atoms with Crippen LogP contribution in [0.1, 0.15) is 13.3 Å². The van der Waals surface area contributed by atoms with Gasteiger partial charge in [-0.15, -0.1) is 0 Å². The fourth-order valence-electron chi connectivity index (χ4n) is 2.54. The van der Waals surface area contributed by atoms with Crippen LogP contribution in [0.2, 0.25) is 0 Å². The van der Waals surface area contributed by atoms with Crippen LogP contribution in [0.4, 0.5) is 5.82 Å². The Balaban J connectivity index is 2.05. The summed E-state index contributed by atoms with van der Waals surface area (Å²) in [5.41, 5.74) is 2.93. The van der Waals surface area contributed by atoms with E-state index in [1.807, 2.05) is 0 Å². The van der Waals surface area contributed by atoms with Gasteiger partial charge in [-0.1, -0.05) is 13.0 Å². The molecule has 1 aliphatic rings. The zero-order valence-corrected chi connectivity index (χ0v) is 12.8. The normalized spacial score (nSPS) is 21.9. The minimum Gasteiger partial charge on any atom is -0.306 e. The van der Waals surface area contributed by atoms with Crippen LogP contribution in [-0.4, -0.2) is 35.7 Å². The molecular weight excluding hydrogens is 290 g/mol. The maximum atomic E-state index is 12.8. The Kier molecular flexibility index (Phi) is 3.39. The average Bonchev–Trinajstić information content (AvgIpc) is 3.02. The van der Waals surface area contributed by atoms with Crippen LogP contribution in [0.25, 0.3) is 5.65 Å². The fraction of sp³-hybridized carbons (Fsp3) is 0.462. The highest BCUT2D eigenvalue weighted by Crippen LogP contribution is 2.39. The van der Waals surface area contributed by atoms with Gasteiger partial charge in [-0.3, -0.25) is 4.40 Å². The highest BCUT2D eigenvalue weighted by atomic mass is 32.2. The molecule has 3 N–H and O–H groups in total. The Morgan fingerprint density at radius 1 is 1.52 bits per heavy atom. The summed E-state index contributed by atoms with van der Waals surface area (Å²) in [6.45, 7) is 2.65. The van der Waals surface area contributed by atoms with Crippen molar-refractivity contribution in [1.29, 1.82) is 0 Å². The van der Waals surface area contributed by atoms with Gasteiger partial charge in [0.2, 0.25) is 5.03 Å². The first-order valence-corrected chi connectivity index (χ1v) is 8.29. The van der Waals surface area contributed by atoms with Crippen LogP contribution in [0.15, 0.2) is 29.4 Å². The maximum Gasteiger partial charge on any atom is 0.262 e. The molecule has 21 heavy (non-hydrogen) atoms. The number of hydrogen-bond acceptors (Lipinski definition) is 5. The van der Waals surface area contributed by atoms with Gasteiger partial charge in [-0.05, 0) is 30.4 Å². The molecule has 0 aromatic carbocycles. The van der Waals surface area contributed by atoms with Crippen LogP contribution >= 0.6 is 0 Å². The second kappa shape index (κ2) is 4.97. The molecule has 1 aliphatic carbocycles. The molecule has 2 unspecified atom stereocenters. The first-order valence-electron chi connectivity index (χ1n) is 6.85. The van der Waals surface area contributed by atoms with Gasteiger partial charge in [0, 0.05) is 19.8 Å². The monoisotopic (exact) mass is 309 g/mol. The predicted octanol–water partition coefficient (Wildman–Crippen LogP) is 0.896. The van der Waals surface area contributed by atoms with Gasteiger partial charge in [-0.25, -0.2) is 19.2 Å². The average molecular weight is 309 g/mol. The maximum absolute atomic E-state index is 12.8. The van der Waals surface area contributed by atoms with Crippen molar-refractivity contribution in [2.75, 3.05) is 19.0 Å². The van der Waals surface area contributed by atoms with Crippen LogP contribution in [0.3, 0.4) is 0 Å². The van der Waals surface area contributed by atoms with E-state index in [-0.39, 0.29) is 10.8 Å². The predicted molar refractivity (Wildman–Crippen MR) is 80.1 cm³/mol. The molecule has 7 nitrogen and oxygen atoms in total. The lowest BCUT2D eigenvalue weighted by molar-refractivity contribution is 0.442. The van der Waals surface area contributed by atoms with Crippen LogP contribution in [-0.2, 0) is 10.0 Å². The smallest absolute Gasteiger partial charge is 0.262 e. The molecule has 3 rings (SSSR count). The molecule has 114 valence electrons. The van der Waals surface area contributed by atoms with E-state index in [2.05, 4.69) is 17.3 Å². The second-order valence-electron chi connectivity index (χ2n) is 5.60. The van der Waals surface area contributed by atoms with Crippen molar-refractivity contribution in [2.45, 2.75) is 18.4 Å². The first kappa shape index (κ1) is 14.3. The summed E-state index contributed by atoms with van der Waals surface area (Å²) in [6, 6.07) is 5.30. The van der Waals surface area contributed by atoms with E-state index in [4.69, 9.17) is 5.84 Å². The van der Waals surface area contributed by atoms with E-state index >= 15 is 0 Å². The van der Waals surface area contributed by atoms with Gasteiger partial charge in [0.25, 0.3) is 10.0 Å².